The predicted octanol–water partition coefficient (Wildman–Crippen LogP) is 2.83. The van der Waals surface area contributed by atoms with Gasteiger partial charge in [0.05, 0.1) is 4.92 Å². The van der Waals surface area contributed by atoms with Crippen molar-refractivity contribution in [1.82, 2.24) is 4.98 Å². The number of hydrogen-bond donors (Lipinski definition) is 0. The van der Waals surface area contributed by atoms with Gasteiger partial charge in [0, 0.05) is 0 Å². The molecule has 1 aromatic heterocycles. The molecule has 0 aliphatic carbocycles. The fraction of sp³-hybridized carbons (Fsp3) is 0.167. The maximum absolute atomic E-state index is 13.0. The number of hydrogen-bond acceptors (Lipinski definition) is 3. The zero-order chi connectivity index (χ0) is 10.9. The van der Waals surface area contributed by atoms with E-state index in [9.17, 15) is 23.3 Å². The van der Waals surface area contributed by atoms with Crippen LogP contribution in [0.1, 0.15) is 12.0 Å². The Morgan fingerprint density at radius 1 is 1.57 bits per heavy atom. The summed E-state index contributed by atoms with van der Waals surface area (Å²) in [7, 11) is 0. The molecule has 1 aromatic rings. The molecule has 1 heterocycles. The summed E-state index contributed by atoms with van der Waals surface area (Å²) in [5, 5.41) is 10.2. The Hall–Kier alpha value is -1.18. The van der Waals surface area contributed by atoms with Crippen LogP contribution in [0.2, 0.25) is 0 Å². The molecule has 0 fully saturated rings. The van der Waals surface area contributed by atoms with Gasteiger partial charge in [-0.3, -0.25) is 10.1 Å². The lowest BCUT2D eigenvalue weighted by Crippen LogP contribution is -2.01. The first-order valence-electron chi connectivity index (χ1n) is 3.21. The zero-order valence-electron chi connectivity index (χ0n) is 6.38. The summed E-state index contributed by atoms with van der Waals surface area (Å²) in [4.78, 5) is 12.3. The van der Waals surface area contributed by atoms with Crippen molar-refractivity contribution >= 4 is 21.6 Å². The Balaban J connectivity index is 3.45. The van der Waals surface area contributed by atoms with Crippen LogP contribution in [0.25, 0.3) is 0 Å². The average molecular weight is 271 g/mol. The molecule has 8 heteroatoms. The summed E-state index contributed by atoms with van der Waals surface area (Å²) in [5.41, 5.74) is -2.28. The third-order valence-electron chi connectivity index (χ3n) is 1.41. The normalized spacial score (nSPS) is 10.6. The molecule has 0 bridgehead atoms. The molecule has 1 rings (SSSR count). The van der Waals surface area contributed by atoms with Gasteiger partial charge in [-0.25, -0.2) is 18.2 Å². The number of nitro groups is 1. The molecule has 0 amide bonds. The highest BCUT2D eigenvalue weighted by Crippen LogP contribution is 2.33. The fourth-order valence-corrected chi connectivity index (χ4v) is 1.14. The van der Waals surface area contributed by atoms with Crippen LogP contribution in [-0.4, -0.2) is 9.91 Å². The van der Waals surface area contributed by atoms with Gasteiger partial charge in [-0.15, -0.1) is 0 Å². The molecule has 0 N–H and O–H groups in total. The topological polar surface area (TPSA) is 56.0 Å². The summed E-state index contributed by atoms with van der Waals surface area (Å²) in [6.45, 7) is 0. The van der Waals surface area contributed by atoms with Gasteiger partial charge in [0.15, 0.2) is 5.82 Å². The van der Waals surface area contributed by atoms with Crippen molar-refractivity contribution in [2.45, 2.75) is 6.43 Å². The van der Waals surface area contributed by atoms with Crippen LogP contribution in [0.5, 0.6) is 0 Å². The van der Waals surface area contributed by atoms with Crippen molar-refractivity contribution in [1.29, 1.82) is 0 Å². The van der Waals surface area contributed by atoms with Crippen LogP contribution in [0.3, 0.4) is 0 Å². The smallest absolute Gasteiger partial charge is 0.258 e. The molecule has 14 heavy (non-hydrogen) atoms. The minimum atomic E-state index is -3.25. The minimum Gasteiger partial charge on any atom is -0.258 e. The highest BCUT2D eigenvalue weighted by atomic mass is 79.9. The average Bonchev–Trinajstić information content (AvgIpc) is 2.08. The van der Waals surface area contributed by atoms with E-state index < -0.39 is 33.0 Å². The summed E-state index contributed by atoms with van der Waals surface area (Å²) in [6, 6.07) is 0. The minimum absolute atomic E-state index is 0.474. The molecule has 0 atom stereocenters. The van der Waals surface area contributed by atoms with Gasteiger partial charge in [0.2, 0.25) is 0 Å². The number of rotatable bonds is 2. The Kier molecular flexibility index (Phi) is 3.04. The van der Waals surface area contributed by atoms with Crippen molar-refractivity contribution in [3.8, 4) is 0 Å². The Bertz CT molecular complexity index is 386. The Morgan fingerprint density at radius 2 is 2.14 bits per heavy atom. The van der Waals surface area contributed by atoms with Gasteiger partial charge in [-0.2, -0.15) is 0 Å². The Labute approximate surface area is 84.0 Å². The van der Waals surface area contributed by atoms with Crippen LogP contribution in [0, 0.1) is 15.9 Å². The molecule has 0 aliphatic rings. The molecular formula is C6H2BrF3N2O2. The lowest BCUT2D eigenvalue weighted by atomic mass is 10.2. The molecule has 0 aliphatic heterocycles. The SMILES string of the molecule is O=[N+]([O-])c1cnc(Br)c(F)c1C(F)F. The van der Waals surface area contributed by atoms with Crippen LogP contribution < -0.4 is 0 Å². The second-order valence-corrected chi connectivity index (χ2v) is 2.97. The van der Waals surface area contributed by atoms with Crippen LogP contribution in [0.15, 0.2) is 10.8 Å². The molecule has 0 spiro atoms. The summed E-state index contributed by atoms with van der Waals surface area (Å²) >= 11 is 2.56. The number of alkyl halides is 2. The lowest BCUT2D eigenvalue weighted by Gasteiger charge is -2.03. The summed E-state index contributed by atoms with van der Waals surface area (Å²) < 4.78 is 37.0. The van der Waals surface area contributed by atoms with Gasteiger partial charge >= 0.3 is 0 Å². The number of aromatic nitrogens is 1. The van der Waals surface area contributed by atoms with E-state index in [1.807, 2.05) is 0 Å². The molecule has 0 aromatic carbocycles. The van der Waals surface area contributed by atoms with E-state index in [0.29, 0.717) is 6.20 Å². The third kappa shape index (κ3) is 1.84. The van der Waals surface area contributed by atoms with Crippen molar-refractivity contribution in [2.24, 2.45) is 0 Å². The first-order chi connectivity index (χ1) is 6.45. The maximum atomic E-state index is 13.0. The van der Waals surface area contributed by atoms with E-state index in [1.54, 1.807) is 0 Å². The van der Waals surface area contributed by atoms with Crippen molar-refractivity contribution in [3.05, 3.63) is 32.3 Å². The van der Waals surface area contributed by atoms with Crippen molar-refractivity contribution in [3.63, 3.8) is 0 Å². The van der Waals surface area contributed by atoms with E-state index in [4.69, 9.17) is 0 Å². The van der Waals surface area contributed by atoms with Gasteiger partial charge < -0.3 is 0 Å². The van der Waals surface area contributed by atoms with Gasteiger partial charge in [0.1, 0.15) is 16.4 Å². The standard InChI is InChI=1S/C6H2BrF3N2O2/c7-5-4(8)3(6(9)10)2(1-11-5)12(13)14/h1,6H. The molecule has 0 saturated carbocycles. The van der Waals surface area contributed by atoms with E-state index in [1.165, 1.54) is 0 Å². The number of pyridine rings is 1. The van der Waals surface area contributed by atoms with Crippen LogP contribution in [0.4, 0.5) is 18.9 Å². The fourth-order valence-electron chi connectivity index (χ4n) is 0.821. The molecule has 76 valence electrons. The molecule has 4 nitrogen and oxygen atoms in total. The van der Waals surface area contributed by atoms with Crippen molar-refractivity contribution < 1.29 is 18.1 Å². The first kappa shape index (κ1) is 10.9. The zero-order valence-corrected chi connectivity index (χ0v) is 7.96. The molecule has 0 saturated heterocycles. The van der Waals surface area contributed by atoms with Crippen LogP contribution in [-0.2, 0) is 0 Å². The maximum Gasteiger partial charge on any atom is 0.299 e. The predicted molar refractivity (Wildman–Crippen MR) is 43.5 cm³/mol. The van der Waals surface area contributed by atoms with E-state index >= 15 is 0 Å². The van der Waals surface area contributed by atoms with Gasteiger partial charge in [-0.05, 0) is 15.9 Å². The second-order valence-electron chi connectivity index (χ2n) is 2.22. The first-order valence-corrected chi connectivity index (χ1v) is 4.01. The number of nitrogens with zero attached hydrogens (tertiary/aromatic N) is 2. The molecule has 0 radical (unpaired) electrons. The lowest BCUT2D eigenvalue weighted by molar-refractivity contribution is -0.386. The van der Waals surface area contributed by atoms with Gasteiger partial charge in [-0.1, -0.05) is 0 Å². The second kappa shape index (κ2) is 3.91. The quantitative estimate of drug-likeness (QED) is 0.472. The van der Waals surface area contributed by atoms with E-state index in [2.05, 4.69) is 20.9 Å². The monoisotopic (exact) mass is 270 g/mol. The third-order valence-corrected chi connectivity index (χ3v) is 1.96. The van der Waals surface area contributed by atoms with E-state index in [-0.39, 0.29) is 0 Å². The highest BCUT2D eigenvalue weighted by Gasteiger charge is 2.28. The summed E-state index contributed by atoms with van der Waals surface area (Å²) in [6.07, 6.45) is -2.68. The van der Waals surface area contributed by atoms with E-state index in [0.717, 1.165) is 0 Å². The van der Waals surface area contributed by atoms with Gasteiger partial charge in [0.25, 0.3) is 12.1 Å². The summed E-state index contributed by atoms with van der Waals surface area (Å²) in [5.74, 6) is -1.41. The van der Waals surface area contributed by atoms with Crippen LogP contribution >= 0.6 is 15.9 Å². The number of halogens is 4. The molecule has 0 unspecified atom stereocenters. The Morgan fingerprint density at radius 3 is 2.57 bits per heavy atom. The highest BCUT2D eigenvalue weighted by molar-refractivity contribution is 9.10. The van der Waals surface area contributed by atoms with Crippen molar-refractivity contribution in [2.75, 3.05) is 0 Å². The molecular weight excluding hydrogens is 269 g/mol. The largest absolute Gasteiger partial charge is 0.299 e.